The molecule has 8 nitrogen and oxygen atoms in total. The number of β-amino-alcohol motifs (C(OH)–C–C–N with tert-alkyl or cyclic N) is 1. The predicted octanol–water partition coefficient (Wildman–Crippen LogP) is -0.164. The van der Waals surface area contributed by atoms with Gasteiger partial charge in [-0.05, 0) is 6.07 Å². The van der Waals surface area contributed by atoms with Gasteiger partial charge in [-0.3, -0.25) is 10.0 Å². The second kappa shape index (κ2) is 5.89. The van der Waals surface area contributed by atoms with Gasteiger partial charge in [0.15, 0.2) is 0 Å². The Labute approximate surface area is 130 Å². The second-order valence-electron chi connectivity index (χ2n) is 5.30. The van der Waals surface area contributed by atoms with Gasteiger partial charge >= 0.3 is 0 Å². The van der Waals surface area contributed by atoms with Crippen LogP contribution in [-0.4, -0.2) is 49.4 Å². The smallest absolute Gasteiger partial charge is 0.137 e. The number of halogens is 2. The van der Waals surface area contributed by atoms with Crippen LogP contribution in [0.2, 0.25) is 0 Å². The molecule has 1 atom stereocenters. The van der Waals surface area contributed by atoms with Gasteiger partial charge in [0.2, 0.25) is 0 Å². The summed E-state index contributed by atoms with van der Waals surface area (Å²) in [7, 11) is 0. The predicted molar refractivity (Wildman–Crippen MR) is 76.4 cm³/mol. The number of hydrazine groups is 1. The van der Waals surface area contributed by atoms with Crippen LogP contribution in [0.15, 0.2) is 36.0 Å². The first-order valence-corrected chi connectivity index (χ1v) is 6.77. The van der Waals surface area contributed by atoms with Gasteiger partial charge in [-0.25, -0.2) is 24.3 Å². The molecule has 1 aliphatic heterocycles. The van der Waals surface area contributed by atoms with Crippen molar-refractivity contribution in [3.8, 4) is 0 Å². The number of benzene rings is 1. The van der Waals surface area contributed by atoms with Crippen molar-refractivity contribution < 1.29 is 13.9 Å². The highest BCUT2D eigenvalue weighted by Gasteiger charge is 2.36. The lowest BCUT2D eigenvalue weighted by Crippen LogP contribution is -2.44. The topological polar surface area (TPSA) is 95.8 Å². The average molecular weight is 323 g/mol. The maximum Gasteiger partial charge on any atom is 0.137 e. The Morgan fingerprint density at radius 1 is 1.30 bits per heavy atom. The highest BCUT2D eigenvalue weighted by molar-refractivity contribution is 5.55. The minimum Gasteiger partial charge on any atom is -0.381 e. The first-order valence-electron chi connectivity index (χ1n) is 6.77. The molecule has 10 heteroatoms. The summed E-state index contributed by atoms with van der Waals surface area (Å²) in [5, 5.41) is 21.8. The van der Waals surface area contributed by atoms with Crippen LogP contribution >= 0.6 is 0 Å². The third kappa shape index (κ3) is 3.27. The Hall–Kier alpha value is -2.59. The summed E-state index contributed by atoms with van der Waals surface area (Å²) >= 11 is 0. The number of hydrogen-bond donors (Lipinski definition) is 2. The molecule has 2 aromatic rings. The lowest BCUT2D eigenvalue weighted by atomic mass is 9.92. The van der Waals surface area contributed by atoms with E-state index in [4.69, 9.17) is 5.84 Å². The fourth-order valence-electron chi connectivity index (χ4n) is 2.46. The van der Waals surface area contributed by atoms with E-state index in [9.17, 15) is 13.9 Å². The number of aliphatic hydroxyl groups is 1. The molecule has 0 saturated heterocycles. The molecule has 0 fully saturated rings. The molecule has 0 spiro atoms. The van der Waals surface area contributed by atoms with Gasteiger partial charge in [0.1, 0.15) is 42.9 Å². The fraction of sp³-hybridized carbons (Fsp3) is 0.308. The van der Waals surface area contributed by atoms with Crippen LogP contribution in [0.3, 0.4) is 0 Å². The van der Waals surface area contributed by atoms with E-state index in [1.54, 1.807) is 0 Å². The van der Waals surface area contributed by atoms with Crippen molar-refractivity contribution in [3.05, 3.63) is 48.1 Å². The first-order chi connectivity index (χ1) is 11.0. The van der Waals surface area contributed by atoms with Gasteiger partial charge in [0.25, 0.3) is 0 Å². The Morgan fingerprint density at radius 2 is 2.13 bits per heavy atom. The molecule has 2 heterocycles. The number of nitrogens with zero attached hydrogens (tertiary/aromatic N) is 6. The summed E-state index contributed by atoms with van der Waals surface area (Å²) in [5.41, 5.74) is -1.76. The Morgan fingerprint density at radius 3 is 2.74 bits per heavy atom. The number of rotatable bonds is 5. The molecule has 1 unspecified atom stereocenters. The van der Waals surface area contributed by atoms with Gasteiger partial charge in [-0.1, -0.05) is 6.07 Å². The summed E-state index contributed by atoms with van der Waals surface area (Å²) in [6.45, 7) is 0.105. The first kappa shape index (κ1) is 15.3. The van der Waals surface area contributed by atoms with Gasteiger partial charge in [-0.15, -0.1) is 0 Å². The highest BCUT2D eigenvalue weighted by atomic mass is 19.1. The molecule has 122 valence electrons. The molecular weight excluding hydrogens is 308 g/mol. The molecule has 1 aromatic heterocycles. The summed E-state index contributed by atoms with van der Waals surface area (Å²) in [6, 6.07) is 3.03. The fourth-order valence-corrected chi connectivity index (χ4v) is 2.46. The molecule has 23 heavy (non-hydrogen) atoms. The normalized spacial score (nSPS) is 16.9. The van der Waals surface area contributed by atoms with Crippen molar-refractivity contribution in [2.75, 3.05) is 13.2 Å². The van der Waals surface area contributed by atoms with Crippen molar-refractivity contribution >= 4 is 6.34 Å². The molecule has 1 aromatic carbocycles. The van der Waals surface area contributed by atoms with Crippen LogP contribution in [0.1, 0.15) is 5.56 Å². The standard InChI is InChI=1S/C13H15F2N7O/c14-10-1-2-11(12(15)3-10)13(23,4-21-7-17-6-18-21)5-22-9-20(16)8-19-22/h1-3,6-8,23H,4-5,9,16H2. The van der Waals surface area contributed by atoms with E-state index < -0.39 is 17.2 Å². The van der Waals surface area contributed by atoms with Crippen molar-refractivity contribution in [1.29, 1.82) is 0 Å². The summed E-state index contributed by atoms with van der Waals surface area (Å²) in [5.74, 6) is 4.01. The quantitative estimate of drug-likeness (QED) is 0.742. The van der Waals surface area contributed by atoms with Crippen LogP contribution in [0, 0.1) is 11.6 Å². The highest BCUT2D eigenvalue weighted by Crippen LogP contribution is 2.28. The Balaban J connectivity index is 1.93. The molecule has 0 radical (unpaired) electrons. The van der Waals surface area contributed by atoms with E-state index in [0.29, 0.717) is 0 Å². The second-order valence-corrected chi connectivity index (χ2v) is 5.30. The molecular formula is C13H15F2N7O. The Bertz CT molecular complexity index is 708. The van der Waals surface area contributed by atoms with E-state index in [-0.39, 0.29) is 25.3 Å². The van der Waals surface area contributed by atoms with Crippen LogP contribution in [-0.2, 0) is 12.1 Å². The maximum absolute atomic E-state index is 14.2. The van der Waals surface area contributed by atoms with Crippen molar-refractivity contribution in [2.24, 2.45) is 10.9 Å². The summed E-state index contributed by atoms with van der Waals surface area (Å²) in [6.07, 6.45) is 4.09. The van der Waals surface area contributed by atoms with Crippen LogP contribution in [0.25, 0.3) is 0 Å². The molecule has 0 aliphatic carbocycles. The molecule has 3 N–H and O–H groups in total. The molecule has 0 saturated carbocycles. The van der Waals surface area contributed by atoms with E-state index in [2.05, 4.69) is 15.2 Å². The minimum absolute atomic E-state index is 0.0555. The largest absolute Gasteiger partial charge is 0.381 e. The van der Waals surface area contributed by atoms with Gasteiger partial charge in [0, 0.05) is 11.6 Å². The van der Waals surface area contributed by atoms with Crippen molar-refractivity contribution in [3.63, 3.8) is 0 Å². The van der Waals surface area contributed by atoms with Gasteiger partial charge in [0.05, 0.1) is 13.1 Å². The van der Waals surface area contributed by atoms with E-state index in [0.717, 1.165) is 12.1 Å². The molecule has 0 amide bonds. The lowest BCUT2D eigenvalue weighted by molar-refractivity contribution is -0.0237. The van der Waals surface area contributed by atoms with Crippen LogP contribution < -0.4 is 5.84 Å². The zero-order valence-electron chi connectivity index (χ0n) is 12.0. The summed E-state index contributed by atoms with van der Waals surface area (Å²) < 4.78 is 28.7. The third-order valence-electron chi connectivity index (χ3n) is 3.46. The van der Waals surface area contributed by atoms with Gasteiger partial charge in [-0.2, -0.15) is 10.2 Å². The van der Waals surface area contributed by atoms with Crippen LogP contribution in [0.5, 0.6) is 0 Å². The van der Waals surface area contributed by atoms with Crippen LogP contribution in [0.4, 0.5) is 8.78 Å². The molecule has 1 aliphatic rings. The van der Waals surface area contributed by atoms with Crippen molar-refractivity contribution in [2.45, 2.75) is 12.1 Å². The van der Waals surface area contributed by atoms with E-state index in [1.165, 1.54) is 39.8 Å². The Kier molecular flexibility index (Phi) is 3.92. The SMILES string of the molecule is NN1C=NN(CC(O)(Cn2cncn2)c2ccc(F)cc2F)C1. The summed E-state index contributed by atoms with van der Waals surface area (Å²) in [4.78, 5) is 3.80. The average Bonchev–Trinajstić information content (AvgIpc) is 3.10. The molecule has 0 bridgehead atoms. The zero-order valence-corrected chi connectivity index (χ0v) is 12.0. The van der Waals surface area contributed by atoms with Crippen molar-refractivity contribution in [1.82, 2.24) is 24.8 Å². The third-order valence-corrected chi connectivity index (χ3v) is 3.46. The monoisotopic (exact) mass is 323 g/mol. The van der Waals surface area contributed by atoms with E-state index >= 15 is 0 Å². The minimum atomic E-state index is -1.70. The molecule has 3 rings (SSSR count). The number of hydrogen-bond acceptors (Lipinski definition) is 7. The van der Waals surface area contributed by atoms with Gasteiger partial charge < -0.3 is 5.11 Å². The zero-order chi connectivity index (χ0) is 16.4. The number of hydrazone groups is 1. The van der Waals surface area contributed by atoms with E-state index in [1.807, 2.05) is 0 Å². The maximum atomic E-state index is 14.2. The number of nitrogens with two attached hydrogens (primary N) is 1. The number of aromatic nitrogens is 3. The lowest BCUT2D eigenvalue weighted by Gasteiger charge is -2.32.